The molecule has 0 aliphatic heterocycles. The van der Waals surface area contributed by atoms with Crippen LogP contribution in [-0.2, 0) is 4.79 Å². The number of hydrogen-bond donors (Lipinski definition) is 0. The standard InChI is InChI=1S/C9H12N2O/c1-11(6-5-10)9(12)7-8-3-2-4-8/h7H,2-4,6H2,1H3. The predicted molar refractivity (Wildman–Crippen MR) is 45.2 cm³/mol. The van der Waals surface area contributed by atoms with E-state index in [0.717, 1.165) is 12.8 Å². The van der Waals surface area contributed by atoms with Gasteiger partial charge in [0.05, 0.1) is 6.07 Å². The van der Waals surface area contributed by atoms with Crippen molar-refractivity contribution in [3.8, 4) is 6.07 Å². The molecule has 1 aliphatic carbocycles. The molecule has 3 nitrogen and oxygen atoms in total. The molecule has 0 N–H and O–H groups in total. The fourth-order valence-electron chi connectivity index (χ4n) is 0.994. The Kier molecular flexibility index (Phi) is 2.87. The van der Waals surface area contributed by atoms with Crippen molar-refractivity contribution in [2.24, 2.45) is 0 Å². The molecule has 0 spiro atoms. The lowest BCUT2D eigenvalue weighted by Crippen LogP contribution is -2.25. The van der Waals surface area contributed by atoms with Gasteiger partial charge in [-0.1, -0.05) is 5.57 Å². The molecule has 1 rings (SSSR count). The van der Waals surface area contributed by atoms with Crippen molar-refractivity contribution in [1.82, 2.24) is 4.90 Å². The van der Waals surface area contributed by atoms with Crippen LogP contribution in [0.4, 0.5) is 0 Å². The fourth-order valence-corrected chi connectivity index (χ4v) is 0.994. The van der Waals surface area contributed by atoms with E-state index in [1.165, 1.54) is 16.9 Å². The maximum Gasteiger partial charge on any atom is 0.247 e. The highest BCUT2D eigenvalue weighted by atomic mass is 16.2. The van der Waals surface area contributed by atoms with E-state index in [4.69, 9.17) is 5.26 Å². The molecule has 0 bridgehead atoms. The van der Waals surface area contributed by atoms with Crippen LogP contribution in [0.15, 0.2) is 11.6 Å². The first-order chi connectivity index (χ1) is 5.74. The van der Waals surface area contributed by atoms with Crippen LogP contribution in [0.3, 0.4) is 0 Å². The zero-order valence-corrected chi connectivity index (χ0v) is 7.21. The van der Waals surface area contributed by atoms with Crippen LogP contribution < -0.4 is 0 Å². The van der Waals surface area contributed by atoms with E-state index < -0.39 is 0 Å². The summed E-state index contributed by atoms with van der Waals surface area (Å²) < 4.78 is 0. The van der Waals surface area contributed by atoms with Crippen LogP contribution >= 0.6 is 0 Å². The number of allylic oxidation sites excluding steroid dienone is 1. The Morgan fingerprint density at radius 2 is 2.42 bits per heavy atom. The monoisotopic (exact) mass is 164 g/mol. The second kappa shape index (κ2) is 3.91. The van der Waals surface area contributed by atoms with Crippen LogP contribution in [0.2, 0.25) is 0 Å². The smallest absolute Gasteiger partial charge is 0.247 e. The van der Waals surface area contributed by atoms with Gasteiger partial charge < -0.3 is 4.90 Å². The molecule has 0 radical (unpaired) electrons. The second-order valence-corrected chi connectivity index (χ2v) is 3.01. The van der Waals surface area contributed by atoms with Crippen LogP contribution in [0.25, 0.3) is 0 Å². The van der Waals surface area contributed by atoms with Crippen LogP contribution in [0, 0.1) is 11.3 Å². The molecule has 1 amide bonds. The first-order valence-electron chi connectivity index (χ1n) is 4.05. The summed E-state index contributed by atoms with van der Waals surface area (Å²) in [6, 6.07) is 1.93. The molecule has 0 unspecified atom stereocenters. The third-order valence-electron chi connectivity index (χ3n) is 2.01. The highest BCUT2D eigenvalue weighted by molar-refractivity contribution is 5.88. The van der Waals surface area contributed by atoms with Crippen molar-refractivity contribution in [1.29, 1.82) is 5.26 Å². The highest BCUT2D eigenvalue weighted by Crippen LogP contribution is 2.24. The van der Waals surface area contributed by atoms with E-state index in [-0.39, 0.29) is 12.5 Å². The number of hydrogen-bond acceptors (Lipinski definition) is 2. The molecule has 64 valence electrons. The van der Waals surface area contributed by atoms with Gasteiger partial charge in [-0.3, -0.25) is 4.79 Å². The normalized spacial score (nSPS) is 14.5. The van der Waals surface area contributed by atoms with Crippen molar-refractivity contribution < 1.29 is 4.79 Å². The summed E-state index contributed by atoms with van der Waals surface area (Å²) in [5.74, 6) is -0.0498. The molecule has 0 heterocycles. The molecule has 1 saturated carbocycles. The van der Waals surface area contributed by atoms with Gasteiger partial charge in [-0.2, -0.15) is 5.26 Å². The second-order valence-electron chi connectivity index (χ2n) is 3.01. The lowest BCUT2D eigenvalue weighted by molar-refractivity contribution is -0.124. The number of nitriles is 1. The van der Waals surface area contributed by atoms with Crippen LogP contribution in [0.5, 0.6) is 0 Å². The van der Waals surface area contributed by atoms with Gasteiger partial charge in [0.1, 0.15) is 6.54 Å². The number of carbonyl (C=O) groups is 1. The molecule has 0 atom stereocenters. The number of likely N-dealkylation sites (N-methyl/N-ethyl adjacent to an activating group) is 1. The topological polar surface area (TPSA) is 44.1 Å². The molecule has 3 heteroatoms. The molecule has 1 fully saturated rings. The largest absolute Gasteiger partial charge is 0.329 e. The Bertz CT molecular complexity index is 244. The van der Waals surface area contributed by atoms with E-state index >= 15 is 0 Å². The van der Waals surface area contributed by atoms with E-state index in [0.29, 0.717) is 0 Å². The third-order valence-corrected chi connectivity index (χ3v) is 2.01. The molecular formula is C9H12N2O. The summed E-state index contributed by atoms with van der Waals surface area (Å²) in [5.41, 5.74) is 1.21. The maximum atomic E-state index is 11.2. The number of amides is 1. The summed E-state index contributed by atoms with van der Waals surface area (Å²) in [4.78, 5) is 12.7. The summed E-state index contributed by atoms with van der Waals surface area (Å²) in [6.45, 7) is 0.169. The highest BCUT2D eigenvalue weighted by Gasteiger charge is 2.11. The number of carbonyl (C=O) groups excluding carboxylic acids is 1. The van der Waals surface area contributed by atoms with Gasteiger partial charge in [-0.25, -0.2) is 0 Å². The Morgan fingerprint density at radius 1 is 1.75 bits per heavy atom. The lowest BCUT2D eigenvalue weighted by atomic mass is 9.92. The minimum atomic E-state index is -0.0498. The third kappa shape index (κ3) is 2.09. The molecule has 1 aliphatic rings. The van der Waals surface area contributed by atoms with Crippen molar-refractivity contribution >= 4 is 5.91 Å². The van der Waals surface area contributed by atoms with Crippen molar-refractivity contribution in [3.05, 3.63) is 11.6 Å². The van der Waals surface area contributed by atoms with Gasteiger partial charge in [0.25, 0.3) is 0 Å². The zero-order valence-electron chi connectivity index (χ0n) is 7.21. The van der Waals surface area contributed by atoms with Gasteiger partial charge >= 0.3 is 0 Å². The Morgan fingerprint density at radius 3 is 2.83 bits per heavy atom. The van der Waals surface area contributed by atoms with Crippen LogP contribution in [0.1, 0.15) is 19.3 Å². The molecule has 0 aromatic carbocycles. The fraction of sp³-hybridized carbons (Fsp3) is 0.556. The minimum Gasteiger partial charge on any atom is -0.329 e. The molecule has 0 aromatic rings. The quantitative estimate of drug-likeness (QED) is 0.452. The average molecular weight is 164 g/mol. The molecule has 0 aromatic heterocycles. The Hall–Kier alpha value is -1.30. The summed E-state index contributed by atoms with van der Waals surface area (Å²) in [5, 5.41) is 8.33. The summed E-state index contributed by atoms with van der Waals surface area (Å²) >= 11 is 0. The van der Waals surface area contributed by atoms with Gasteiger partial charge in [0, 0.05) is 13.1 Å². The summed E-state index contributed by atoms with van der Waals surface area (Å²) in [6.07, 6.45) is 4.94. The predicted octanol–water partition coefficient (Wildman–Crippen LogP) is 1.08. The minimum absolute atomic E-state index is 0.0498. The molecule has 12 heavy (non-hydrogen) atoms. The molecular weight excluding hydrogens is 152 g/mol. The van der Waals surface area contributed by atoms with Gasteiger partial charge in [-0.15, -0.1) is 0 Å². The Labute approximate surface area is 72.3 Å². The van der Waals surface area contributed by atoms with E-state index in [1.807, 2.05) is 6.07 Å². The van der Waals surface area contributed by atoms with Crippen LogP contribution in [-0.4, -0.2) is 24.4 Å². The Balaban J connectivity index is 2.42. The number of rotatable bonds is 2. The van der Waals surface area contributed by atoms with Gasteiger partial charge in [0.2, 0.25) is 5.91 Å². The number of nitrogens with zero attached hydrogens (tertiary/aromatic N) is 2. The molecule has 0 saturated heterocycles. The van der Waals surface area contributed by atoms with E-state index in [1.54, 1.807) is 13.1 Å². The maximum absolute atomic E-state index is 11.2. The summed E-state index contributed by atoms with van der Waals surface area (Å²) in [7, 11) is 1.64. The first-order valence-corrected chi connectivity index (χ1v) is 4.05. The van der Waals surface area contributed by atoms with Crippen molar-refractivity contribution in [3.63, 3.8) is 0 Å². The van der Waals surface area contributed by atoms with Gasteiger partial charge in [0.15, 0.2) is 0 Å². The van der Waals surface area contributed by atoms with Crippen molar-refractivity contribution in [2.75, 3.05) is 13.6 Å². The SMILES string of the molecule is CN(CC#N)C(=O)C=C1CCC1. The first kappa shape index (κ1) is 8.79. The van der Waals surface area contributed by atoms with E-state index in [2.05, 4.69) is 0 Å². The van der Waals surface area contributed by atoms with Gasteiger partial charge in [-0.05, 0) is 19.3 Å². The van der Waals surface area contributed by atoms with Crippen molar-refractivity contribution in [2.45, 2.75) is 19.3 Å². The average Bonchev–Trinajstić information content (AvgIpc) is 1.97. The lowest BCUT2D eigenvalue weighted by Gasteiger charge is -2.17. The van der Waals surface area contributed by atoms with E-state index in [9.17, 15) is 4.79 Å². The zero-order chi connectivity index (χ0) is 8.97.